The van der Waals surface area contributed by atoms with Gasteiger partial charge in [0.25, 0.3) is 0 Å². The Kier molecular flexibility index (Phi) is 16.5. The molecular formula is C40H57N3O4. The highest BCUT2D eigenvalue weighted by Gasteiger charge is 2.17. The molecular weight excluding hydrogens is 586 g/mol. The molecule has 3 rings (SSSR count). The number of allylic oxidation sites excluding steroid dienone is 3. The molecule has 2 aromatic carbocycles. The van der Waals surface area contributed by atoms with Gasteiger partial charge in [-0.25, -0.2) is 0 Å². The predicted molar refractivity (Wildman–Crippen MR) is 193 cm³/mol. The smallest absolute Gasteiger partial charge is 0.163 e. The van der Waals surface area contributed by atoms with E-state index in [1.165, 1.54) is 44.4 Å². The molecule has 0 spiro atoms. The molecule has 2 aromatic rings. The number of carbonyl (C=O) groups is 2. The number of aryl methyl sites for hydroxylation is 1. The summed E-state index contributed by atoms with van der Waals surface area (Å²) in [5.41, 5.74) is 11.3. The molecule has 2 unspecified atom stereocenters. The number of phenolic OH excluding ortho intramolecular Hbond substituents is 1. The number of aromatic hydroxyl groups is 1. The Morgan fingerprint density at radius 2 is 1.79 bits per heavy atom. The van der Waals surface area contributed by atoms with Crippen LogP contribution in [0.5, 0.6) is 11.5 Å². The summed E-state index contributed by atoms with van der Waals surface area (Å²) in [6.07, 6.45) is 17.4. The number of Topliss-reactive ketones (excluding diaryl/α,β-unsaturated/α-hetero) is 1. The first-order chi connectivity index (χ1) is 22.7. The van der Waals surface area contributed by atoms with Crippen molar-refractivity contribution in [1.29, 1.82) is 0 Å². The molecule has 1 aliphatic heterocycles. The van der Waals surface area contributed by atoms with Crippen molar-refractivity contribution in [3.05, 3.63) is 88.7 Å². The number of unbranched alkanes of at least 4 members (excludes halogenated alkanes) is 2. The van der Waals surface area contributed by atoms with Crippen molar-refractivity contribution >= 4 is 17.6 Å². The second-order valence-electron chi connectivity index (χ2n) is 13.3. The predicted octanol–water partition coefficient (Wildman–Crippen LogP) is 7.43. The van der Waals surface area contributed by atoms with Gasteiger partial charge in [-0.3, -0.25) is 9.59 Å². The summed E-state index contributed by atoms with van der Waals surface area (Å²) >= 11 is 0. The highest BCUT2D eigenvalue weighted by Crippen LogP contribution is 2.33. The molecule has 0 saturated heterocycles. The van der Waals surface area contributed by atoms with Crippen molar-refractivity contribution in [1.82, 2.24) is 10.6 Å². The van der Waals surface area contributed by atoms with Gasteiger partial charge < -0.3 is 26.2 Å². The lowest BCUT2D eigenvalue weighted by molar-refractivity contribution is -0.124. The molecule has 7 heteroatoms. The van der Waals surface area contributed by atoms with Crippen LogP contribution in [0, 0.1) is 11.8 Å². The maximum Gasteiger partial charge on any atom is 0.163 e. The lowest BCUT2D eigenvalue weighted by Gasteiger charge is -2.22. The first-order valence-corrected chi connectivity index (χ1v) is 17.4. The Morgan fingerprint density at radius 3 is 2.51 bits per heavy atom. The molecule has 5 N–H and O–H groups in total. The zero-order valence-electron chi connectivity index (χ0n) is 29.0. The Hall–Kier alpha value is -3.68. The van der Waals surface area contributed by atoms with Gasteiger partial charge in [0.05, 0.1) is 19.7 Å². The van der Waals surface area contributed by atoms with E-state index in [1.807, 2.05) is 37.5 Å². The molecule has 0 bridgehead atoms. The van der Waals surface area contributed by atoms with Crippen molar-refractivity contribution in [2.75, 3.05) is 20.7 Å². The average molecular weight is 644 g/mol. The van der Waals surface area contributed by atoms with Gasteiger partial charge in [-0.15, -0.1) is 0 Å². The molecule has 0 amide bonds. The molecule has 1 aliphatic rings. The Balaban J connectivity index is 1.55. The minimum atomic E-state index is -0.266. The number of ether oxygens (including phenoxy) is 1. The van der Waals surface area contributed by atoms with Crippen LogP contribution >= 0.6 is 0 Å². The van der Waals surface area contributed by atoms with Crippen LogP contribution in [0.1, 0.15) is 94.7 Å². The summed E-state index contributed by atoms with van der Waals surface area (Å²) in [5.74, 6) is 1.55. The normalized spacial score (nSPS) is 15.3. The first kappa shape index (κ1) is 37.8. The topological polar surface area (TPSA) is 114 Å². The summed E-state index contributed by atoms with van der Waals surface area (Å²) in [6, 6.07) is 13.8. The fraction of sp³-hybridized carbons (Fsp3) is 0.500. The number of carbonyl (C=O) groups excluding carboxylic acids is 2. The SMILES string of the molecule is CNCC(CCCCCC(=O)CC(=O)C=Cc1cc(OC)c(O)cc1CC1=CNC(N)C=C1CCc1ccccc1)CCCC(C)C. The Labute approximate surface area is 282 Å². The van der Waals surface area contributed by atoms with E-state index in [1.54, 1.807) is 18.2 Å². The van der Waals surface area contributed by atoms with Gasteiger partial charge in [0.2, 0.25) is 0 Å². The average Bonchev–Trinajstić information content (AvgIpc) is 3.04. The fourth-order valence-electron chi connectivity index (χ4n) is 6.21. The van der Waals surface area contributed by atoms with Gasteiger partial charge in [0, 0.05) is 12.6 Å². The maximum atomic E-state index is 12.8. The second kappa shape index (κ2) is 20.5. The number of nitrogens with two attached hydrogens (primary N) is 1. The number of hydrogen-bond donors (Lipinski definition) is 4. The van der Waals surface area contributed by atoms with Gasteiger partial charge >= 0.3 is 0 Å². The number of nitrogens with one attached hydrogen (secondary N) is 2. The van der Waals surface area contributed by atoms with Crippen molar-refractivity contribution in [2.24, 2.45) is 17.6 Å². The van der Waals surface area contributed by atoms with Gasteiger partial charge in [-0.1, -0.05) is 75.9 Å². The zero-order chi connectivity index (χ0) is 34.0. The zero-order valence-corrected chi connectivity index (χ0v) is 29.0. The number of ketones is 2. The molecule has 7 nitrogen and oxygen atoms in total. The number of phenols is 1. The van der Waals surface area contributed by atoms with E-state index >= 15 is 0 Å². The van der Waals surface area contributed by atoms with Gasteiger partial charge in [-0.05, 0) is 116 Å². The van der Waals surface area contributed by atoms with Crippen molar-refractivity contribution in [3.63, 3.8) is 0 Å². The quantitative estimate of drug-likeness (QED) is 0.0600. The monoisotopic (exact) mass is 643 g/mol. The van der Waals surface area contributed by atoms with Crippen LogP contribution in [0.4, 0.5) is 0 Å². The standard InChI is InChI=1S/C40H57N3O4/c1-29(2)12-11-16-31(27-42-3)15-9-6-10-17-36(44)26-37(45)21-20-32-24-39(47-4)38(46)23-34(32)22-35-28-43-40(41)25-33(35)19-18-30-13-7-5-8-14-30/h5,7-8,13-14,20-21,23-25,28-29,31,40,42-43,46H,6,9-12,15-19,22,26-27,41H2,1-4H3. The molecule has 0 radical (unpaired) electrons. The molecule has 256 valence electrons. The van der Waals surface area contributed by atoms with Crippen LogP contribution in [-0.4, -0.2) is 43.5 Å². The molecule has 1 heterocycles. The summed E-state index contributed by atoms with van der Waals surface area (Å²) < 4.78 is 5.36. The van der Waals surface area contributed by atoms with E-state index in [2.05, 4.69) is 36.6 Å². The molecule has 0 fully saturated rings. The molecule has 0 saturated carbocycles. The second-order valence-corrected chi connectivity index (χ2v) is 13.3. The van der Waals surface area contributed by atoms with Gasteiger partial charge in [-0.2, -0.15) is 0 Å². The largest absolute Gasteiger partial charge is 0.504 e. The molecule has 2 atom stereocenters. The third-order valence-corrected chi connectivity index (χ3v) is 8.87. The molecule has 0 aromatic heterocycles. The number of benzene rings is 2. The van der Waals surface area contributed by atoms with Crippen LogP contribution in [0.2, 0.25) is 0 Å². The Morgan fingerprint density at radius 1 is 1.02 bits per heavy atom. The number of methoxy groups -OCH3 is 1. The maximum absolute atomic E-state index is 12.8. The highest BCUT2D eigenvalue weighted by atomic mass is 16.5. The third kappa shape index (κ3) is 13.9. The van der Waals surface area contributed by atoms with E-state index in [9.17, 15) is 14.7 Å². The lowest BCUT2D eigenvalue weighted by Crippen LogP contribution is -2.35. The fourth-order valence-corrected chi connectivity index (χ4v) is 6.21. The minimum absolute atomic E-state index is 0.0187. The summed E-state index contributed by atoms with van der Waals surface area (Å²) in [7, 11) is 3.51. The molecule has 0 aliphatic carbocycles. The van der Waals surface area contributed by atoms with E-state index < -0.39 is 0 Å². The summed E-state index contributed by atoms with van der Waals surface area (Å²) in [6.45, 7) is 5.60. The lowest BCUT2D eigenvalue weighted by atomic mass is 9.90. The number of rotatable bonds is 22. The van der Waals surface area contributed by atoms with E-state index in [0.29, 0.717) is 24.5 Å². The van der Waals surface area contributed by atoms with E-state index in [0.717, 1.165) is 66.8 Å². The van der Waals surface area contributed by atoms with Gasteiger partial charge in [0.1, 0.15) is 5.78 Å². The number of dihydropyridines is 1. The van der Waals surface area contributed by atoms with Crippen LogP contribution < -0.4 is 21.1 Å². The minimum Gasteiger partial charge on any atom is -0.504 e. The summed E-state index contributed by atoms with van der Waals surface area (Å²) in [4.78, 5) is 25.4. The Bertz CT molecular complexity index is 1360. The number of hydrogen-bond acceptors (Lipinski definition) is 7. The van der Waals surface area contributed by atoms with Crippen molar-refractivity contribution in [3.8, 4) is 11.5 Å². The van der Waals surface area contributed by atoms with Crippen LogP contribution in [-0.2, 0) is 22.4 Å². The van der Waals surface area contributed by atoms with Crippen molar-refractivity contribution < 1.29 is 19.4 Å². The highest BCUT2D eigenvalue weighted by molar-refractivity contribution is 6.06. The van der Waals surface area contributed by atoms with Crippen LogP contribution in [0.25, 0.3) is 6.08 Å². The van der Waals surface area contributed by atoms with Crippen molar-refractivity contribution in [2.45, 2.75) is 97.1 Å². The summed E-state index contributed by atoms with van der Waals surface area (Å²) in [5, 5.41) is 17.1. The van der Waals surface area contributed by atoms with Gasteiger partial charge in [0.15, 0.2) is 17.3 Å². The van der Waals surface area contributed by atoms with Crippen LogP contribution in [0.3, 0.4) is 0 Å². The van der Waals surface area contributed by atoms with E-state index in [-0.39, 0.29) is 29.9 Å². The van der Waals surface area contributed by atoms with E-state index in [4.69, 9.17) is 10.5 Å². The van der Waals surface area contributed by atoms with Crippen LogP contribution in [0.15, 0.2) is 72.0 Å². The molecule has 47 heavy (non-hydrogen) atoms. The first-order valence-electron chi connectivity index (χ1n) is 17.4. The third-order valence-electron chi connectivity index (χ3n) is 8.87.